The number of aromatic nitrogens is 1. The normalized spacial score (nSPS) is 20.3. The van der Waals surface area contributed by atoms with Crippen molar-refractivity contribution in [2.24, 2.45) is 0 Å². The summed E-state index contributed by atoms with van der Waals surface area (Å²) in [6.07, 6.45) is 1.41. The number of ether oxygens (including phenoxy) is 1. The Balaban J connectivity index is 1.84. The van der Waals surface area contributed by atoms with Gasteiger partial charge in [0, 0.05) is 18.3 Å². The molecule has 1 amide bonds. The van der Waals surface area contributed by atoms with Crippen LogP contribution in [0.5, 0.6) is 5.75 Å². The zero-order chi connectivity index (χ0) is 23.0. The van der Waals surface area contributed by atoms with Crippen LogP contribution in [0.1, 0.15) is 36.8 Å². The second-order valence-electron chi connectivity index (χ2n) is 7.72. The highest BCUT2D eigenvalue weighted by Gasteiger charge is 2.43. The fourth-order valence-corrected chi connectivity index (χ4v) is 4.67. The van der Waals surface area contributed by atoms with Gasteiger partial charge in [0.1, 0.15) is 17.3 Å². The van der Waals surface area contributed by atoms with Crippen molar-refractivity contribution in [2.75, 3.05) is 18.1 Å². The van der Waals surface area contributed by atoms with Crippen molar-refractivity contribution < 1.29 is 22.3 Å². The van der Waals surface area contributed by atoms with Gasteiger partial charge < -0.3 is 15.4 Å². The van der Waals surface area contributed by atoms with E-state index < -0.39 is 33.0 Å². The van der Waals surface area contributed by atoms with Gasteiger partial charge >= 0.3 is 0 Å². The molecule has 2 aromatic rings. The van der Waals surface area contributed by atoms with Gasteiger partial charge in [0.15, 0.2) is 0 Å². The van der Waals surface area contributed by atoms with E-state index in [1.807, 2.05) is 13.8 Å². The first-order valence-corrected chi connectivity index (χ1v) is 11.1. The van der Waals surface area contributed by atoms with Crippen molar-refractivity contribution in [3.8, 4) is 5.75 Å². The summed E-state index contributed by atoms with van der Waals surface area (Å²) < 4.78 is 45.7. The third-order valence-corrected chi connectivity index (χ3v) is 6.72. The molecule has 0 spiro atoms. The first-order chi connectivity index (χ1) is 14.4. The quantitative estimate of drug-likeness (QED) is 0.643. The Morgan fingerprint density at radius 1 is 1.35 bits per heavy atom. The number of pyridine rings is 1. The summed E-state index contributed by atoms with van der Waals surface area (Å²) in [5.41, 5.74) is -0.978. The van der Waals surface area contributed by atoms with Crippen LogP contribution in [0, 0.1) is 11.2 Å². The Morgan fingerprint density at radius 3 is 2.65 bits per heavy atom. The van der Waals surface area contributed by atoms with Crippen LogP contribution in [0.25, 0.3) is 0 Å². The Hall–Kier alpha value is -3.21. The first-order valence-electron chi connectivity index (χ1n) is 9.49. The predicted molar refractivity (Wildman–Crippen MR) is 114 cm³/mol. The summed E-state index contributed by atoms with van der Waals surface area (Å²) in [5.74, 6) is -1.47. The average molecular weight is 450 g/mol. The molecular formula is C20H24FN5O4S. The molecule has 0 bridgehead atoms. The van der Waals surface area contributed by atoms with Crippen LogP contribution in [0.4, 0.5) is 10.1 Å². The molecule has 1 saturated heterocycles. The Kier molecular flexibility index (Phi) is 5.90. The summed E-state index contributed by atoms with van der Waals surface area (Å²) in [4.78, 5) is 16.6. The summed E-state index contributed by atoms with van der Waals surface area (Å²) >= 11 is 0. The maximum Gasteiger partial charge on any atom is 0.274 e. The molecule has 2 heterocycles. The van der Waals surface area contributed by atoms with Gasteiger partial charge in [-0.2, -0.15) is 0 Å². The number of benzene rings is 1. The number of carbonyl (C=O) groups is 1. The van der Waals surface area contributed by atoms with E-state index in [9.17, 15) is 17.6 Å². The van der Waals surface area contributed by atoms with Gasteiger partial charge in [0.25, 0.3) is 5.91 Å². The lowest BCUT2D eigenvalue weighted by Gasteiger charge is -2.40. The highest BCUT2D eigenvalue weighted by atomic mass is 32.2. The predicted octanol–water partition coefficient (Wildman–Crippen LogP) is 2.27. The number of guanidine groups is 1. The maximum atomic E-state index is 14.6. The van der Waals surface area contributed by atoms with Crippen LogP contribution in [0.3, 0.4) is 0 Å². The van der Waals surface area contributed by atoms with Crippen molar-refractivity contribution in [1.82, 2.24) is 14.6 Å². The number of carbonyl (C=O) groups excluding carboxylic acids is 1. The van der Waals surface area contributed by atoms with Crippen molar-refractivity contribution in [3.05, 3.63) is 53.6 Å². The zero-order valence-corrected chi connectivity index (χ0v) is 18.4. The van der Waals surface area contributed by atoms with Crippen LogP contribution >= 0.6 is 0 Å². The summed E-state index contributed by atoms with van der Waals surface area (Å²) in [6, 6.07) is 6.98. The van der Waals surface area contributed by atoms with Gasteiger partial charge in [-0.05, 0) is 51.1 Å². The van der Waals surface area contributed by atoms with E-state index in [1.54, 1.807) is 6.07 Å². The number of anilines is 1. The minimum absolute atomic E-state index is 0.0142. The number of amides is 1. The van der Waals surface area contributed by atoms with Crippen LogP contribution in [-0.4, -0.2) is 48.5 Å². The molecule has 3 rings (SSSR count). The maximum absolute atomic E-state index is 14.6. The molecule has 9 nitrogen and oxygen atoms in total. The molecule has 11 heteroatoms. The monoisotopic (exact) mass is 449 g/mol. The SMILES string of the molecule is CC(C)Oc1ccc(C(=O)Nc2ccc(F)c([C@]3(C)CS(=O)(=O)N(C)C(=N)N3)c2)nc1. The number of nitrogens with zero attached hydrogens (tertiary/aromatic N) is 2. The molecule has 166 valence electrons. The van der Waals surface area contributed by atoms with Crippen molar-refractivity contribution >= 4 is 27.6 Å². The van der Waals surface area contributed by atoms with Gasteiger partial charge in [0.2, 0.25) is 16.0 Å². The van der Waals surface area contributed by atoms with E-state index in [0.717, 1.165) is 10.4 Å². The molecule has 1 aliphatic heterocycles. The third-order valence-electron chi connectivity index (χ3n) is 4.76. The lowest BCUT2D eigenvalue weighted by molar-refractivity contribution is 0.102. The van der Waals surface area contributed by atoms with E-state index in [-0.39, 0.29) is 29.0 Å². The Morgan fingerprint density at radius 2 is 2.06 bits per heavy atom. The lowest BCUT2D eigenvalue weighted by atomic mass is 9.93. The molecule has 0 saturated carbocycles. The average Bonchev–Trinajstić information content (AvgIpc) is 2.67. The molecule has 1 aliphatic rings. The lowest BCUT2D eigenvalue weighted by Crippen LogP contribution is -2.61. The van der Waals surface area contributed by atoms with Gasteiger partial charge in [0.05, 0.1) is 23.6 Å². The zero-order valence-electron chi connectivity index (χ0n) is 17.6. The van der Waals surface area contributed by atoms with Crippen LogP contribution < -0.4 is 15.4 Å². The third kappa shape index (κ3) is 4.76. The number of hydrogen-bond acceptors (Lipinski definition) is 6. The molecule has 1 atom stereocenters. The number of halogens is 1. The largest absolute Gasteiger partial charge is 0.489 e. The number of sulfonamides is 1. The van der Waals surface area contributed by atoms with Gasteiger partial charge in [-0.15, -0.1) is 0 Å². The topological polar surface area (TPSA) is 124 Å². The van der Waals surface area contributed by atoms with E-state index in [4.69, 9.17) is 10.1 Å². The van der Waals surface area contributed by atoms with E-state index >= 15 is 0 Å². The summed E-state index contributed by atoms with van der Waals surface area (Å²) in [7, 11) is -2.55. The molecule has 1 fully saturated rings. The fourth-order valence-electron chi connectivity index (χ4n) is 3.20. The van der Waals surface area contributed by atoms with Crippen LogP contribution in [0.2, 0.25) is 0 Å². The van der Waals surface area contributed by atoms with Crippen molar-refractivity contribution in [1.29, 1.82) is 5.41 Å². The Labute approximate surface area is 180 Å². The van der Waals surface area contributed by atoms with Crippen LogP contribution in [0.15, 0.2) is 36.5 Å². The van der Waals surface area contributed by atoms with E-state index in [1.165, 1.54) is 38.4 Å². The molecule has 0 unspecified atom stereocenters. The van der Waals surface area contributed by atoms with Gasteiger partial charge in [-0.1, -0.05) is 0 Å². The minimum atomic E-state index is -3.80. The van der Waals surface area contributed by atoms with Crippen molar-refractivity contribution in [2.45, 2.75) is 32.4 Å². The van der Waals surface area contributed by atoms with Crippen molar-refractivity contribution in [3.63, 3.8) is 0 Å². The molecule has 3 N–H and O–H groups in total. The molecule has 0 radical (unpaired) electrons. The number of rotatable bonds is 5. The smallest absolute Gasteiger partial charge is 0.274 e. The van der Waals surface area contributed by atoms with E-state index in [0.29, 0.717) is 5.75 Å². The van der Waals surface area contributed by atoms with E-state index in [2.05, 4.69) is 15.6 Å². The molecular weight excluding hydrogens is 425 g/mol. The number of hydrogen-bond donors (Lipinski definition) is 3. The minimum Gasteiger partial charge on any atom is -0.489 e. The molecule has 1 aromatic carbocycles. The molecule has 0 aliphatic carbocycles. The summed E-state index contributed by atoms with van der Waals surface area (Å²) in [5, 5.41) is 13.3. The van der Waals surface area contributed by atoms with Gasteiger partial charge in [-0.25, -0.2) is 22.1 Å². The fraction of sp³-hybridized carbons (Fsp3) is 0.350. The first kappa shape index (κ1) is 22.5. The summed E-state index contributed by atoms with van der Waals surface area (Å²) in [6.45, 7) is 5.24. The standard InChI is InChI=1S/C20H24FN5O4S/c1-12(2)30-14-6-8-17(23-10-14)18(27)24-13-5-7-16(21)15(9-13)20(3)11-31(28,29)26(4)19(22)25-20/h5-10,12H,11H2,1-4H3,(H2,22,25)(H,24,27)/t20-/m0/s1. The highest BCUT2D eigenvalue weighted by Crippen LogP contribution is 2.31. The number of nitrogens with one attached hydrogen (secondary N) is 3. The van der Waals surface area contributed by atoms with Gasteiger partial charge in [-0.3, -0.25) is 10.2 Å². The molecule has 31 heavy (non-hydrogen) atoms. The second kappa shape index (κ2) is 8.14. The highest BCUT2D eigenvalue weighted by molar-refractivity contribution is 7.89. The Bertz CT molecular complexity index is 1120. The molecule has 1 aromatic heterocycles. The second-order valence-corrected chi connectivity index (χ2v) is 9.72. The van der Waals surface area contributed by atoms with Crippen LogP contribution in [-0.2, 0) is 15.6 Å².